The fourth-order valence-corrected chi connectivity index (χ4v) is 3.45. The highest BCUT2D eigenvalue weighted by molar-refractivity contribution is 4.97. The fraction of sp³-hybridized carbons (Fsp3) is 0.846. The van der Waals surface area contributed by atoms with Gasteiger partial charge in [0.1, 0.15) is 12.2 Å². The summed E-state index contributed by atoms with van der Waals surface area (Å²) in [5, 5.41) is 14.7. The highest BCUT2D eigenvalue weighted by Crippen LogP contribution is 2.39. The predicted octanol–water partition coefficient (Wildman–Crippen LogP) is 0.942. The molecule has 1 N–H and O–H groups in total. The first-order chi connectivity index (χ1) is 8.67. The molecule has 2 heterocycles. The average molecular weight is 250 g/mol. The van der Waals surface area contributed by atoms with Crippen molar-refractivity contribution in [3.63, 3.8) is 0 Å². The van der Waals surface area contributed by atoms with Gasteiger partial charge >= 0.3 is 0 Å². The van der Waals surface area contributed by atoms with Gasteiger partial charge in [0.2, 0.25) is 0 Å². The third kappa shape index (κ3) is 2.17. The SMILES string of the molecule is Cn1ncnc1CN1CCC2(O)CCCCC2C1. The molecule has 0 bridgehead atoms. The number of aliphatic hydroxyl groups is 1. The first-order valence-corrected chi connectivity index (χ1v) is 6.95. The van der Waals surface area contributed by atoms with E-state index in [1.807, 2.05) is 11.7 Å². The molecule has 5 heteroatoms. The van der Waals surface area contributed by atoms with Crippen LogP contribution in [0.5, 0.6) is 0 Å². The van der Waals surface area contributed by atoms with Gasteiger partial charge in [-0.1, -0.05) is 12.8 Å². The number of aryl methyl sites for hydroxylation is 1. The van der Waals surface area contributed by atoms with Gasteiger partial charge in [-0.05, 0) is 19.3 Å². The van der Waals surface area contributed by atoms with Crippen LogP contribution in [0.3, 0.4) is 0 Å². The third-order valence-electron chi connectivity index (χ3n) is 4.68. The van der Waals surface area contributed by atoms with Crippen LogP contribution in [0, 0.1) is 5.92 Å². The second-order valence-corrected chi connectivity index (χ2v) is 5.83. The highest BCUT2D eigenvalue weighted by atomic mass is 16.3. The van der Waals surface area contributed by atoms with E-state index in [0.717, 1.165) is 38.3 Å². The van der Waals surface area contributed by atoms with Gasteiger partial charge in [0, 0.05) is 26.1 Å². The van der Waals surface area contributed by atoms with E-state index in [0.29, 0.717) is 5.92 Å². The maximum Gasteiger partial charge on any atom is 0.140 e. The van der Waals surface area contributed by atoms with Crippen LogP contribution >= 0.6 is 0 Å². The third-order valence-corrected chi connectivity index (χ3v) is 4.68. The standard InChI is InChI=1S/C13H22N4O/c1-16-12(14-10-15-16)9-17-7-6-13(18)5-3-2-4-11(13)8-17/h10-11,18H,2-9H2,1H3. The lowest BCUT2D eigenvalue weighted by molar-refractivity contribution is -0.0972. The van der Waals surface area contributed by atoms with E-state index in [1.165, 1.54) is 19.3 Å². The van der Waals surface area contributed by atoms with Gasteiger partial charge in [-0.25, -0.2) is 4.98 Å². The van der Waals surface area contributed by atoms with Crippen LogP contribution < -0.4 is 0 Å². The fourth-order valence-electron chi connectivity index (χ4n) is 3.45. The van der Waals surface area contributed by atoms with Crippen LogP contribution in [-0.2, 0) is 13.6 Å². The van der Waals surface area contributed by atoms with Gasteiger partial charge in [0.15, 0.2) is 0 Å². The predicted molar refractivity (Wildman–Crippen MR) is 67.8 cm³/mol. The maximum atomic E-state index is 10.6. The number of fused-ring (bicyclic) bond motifs is 1. The Hall–Kier alpha value is -0.940. The largest absolute Gasteiger partial charge is 0.390 e. The molecule has 2 fully saturated rings. The number of piperidine rings is 1. The molecule has 2 aliphatic rings. The lowest BCUT2D eigenvalue weighted by atomic mass is 9.71. The number of hydrogen-bond donors (Lipinski definition) is 1. The molecule has 1 aliphatic carbocycles. The van der Waals surface area contributed by atoms with Crippen molar-refractivity contribution in [1.29, 1.82) is 0 Å². The zero-order valence-corrected chi connectivity index (χ0v) is 11.0. The quantitative estimate of drug-likeness (QED) is 0.849. The Kier molecular flexibility index (Phi) is 3.11. The first-order valence-electron chi connectivity index (χ1n) is 6.95. The molecule has 3 rings (SSSR count). The van der Waals surface area contributed by atoms with Gasteiger partial charge in [0.25, 0.3) is 0 Å². The molecule has 18 heavy (non-hydrogen) atoms. The van der Waals surface area contributed by atoms with Crippen molar-refractivity contribution in [1.82, 2.24) is 19.7 Å². The summed E-state index contributed by atoms with van der Waals surface area (Å²) in [5.41, 5.74) is -0.380. The molecule has 5 nitrogen and oxygen atoms in total. The Morgan fingerprint density at radius 2 is 2.33 bits per heavy atom. The normalized spacial score (nSPS) is 33.3. The Balaban J connectivity index is 1.65. The summed E-state index contributed by atoms with van der Waals surface area (Å²) in [5.74, 6) is 1.46. The van der Waals surface area contributed by atoms with Crippen LogP contribution in [0.4, 0.5) is 0 Å². The number of aromatic nitrogens is 3. The molecule has 0 spiro atoms. The van der Waals surface area contributed by atoms with Crippen LogP contribution in [-0.4, -0.2) is 43.5 Å². The highest BCUT2D eigenvalue weighted by Gasteiger charge is 2.42. The molecular weight excluding hydrogens is 228 g/mol. The molecule has 0 radical (unpaired) electrons. The lowest BCUT2D eigenvalue weighted by Crippen LogP contribution is -2.53. The van der Waals surface area contributed by atoms with Crippen molar-refractivity contribution >= 4 is 0 Å². The number of rotatable bonds is 2. The monoisotopic (exact) mass is 250 g/mol. The lowest BCUT2D eigenvalue weighted by Gasteiger charge is -2.47. The van der Waals surface area contributed by atoms with Gasteiger partial charge in [0.05, 0.1) is 12.1 Å². The number of nitrogens with zero attached hydrogens (tertiary/aromatic N) is 4. The van der Waals surface area contributed by atoms with Crippen LogP contribution in [0.15, 0.2) is 6.33 Å². The molecule has 100 valence electrons. The Morgan fingerprint density at radius 3 is 3.11 bits per heavy atom. The molecule has 0 amide bonds. The number of hydrogen-bond acceptors (Lipinski definition) is 4. The summed E-state index contributed by atoms with van der Waals surface area (Å²) in [6.45, 7) is 2.83. The van der Waals surface area contributed by atoms with Crippen LogP contribution in [0.25, 0.3) is 0 Å². The second kappa shape index (κ2) is 4.63. The van der Waals surface area contributed by atoms with E-state index in [9.17, 15) is 5.11 Å². The molecule has 1 saturated heterocycles. The topological polar surface area (TPSA) is 54.2 Å². The summed E-state index contributed by atoms with van der Waals surface area (Å²) in [6, 6.07) is 0. The van der Waals surface area contributed by atoms with E-state index >= 15 is 0 Å². The van der Waals surface area contributed by atoms with Crippen molar-refractivity contribution in [2.75, 3.05) is 13.1 Å². The molecule has 1 aliphatic heterocycles. The minimum atomic E-state index is -0.380. The van der Waals surface area contributed by atoms with E-state index in [4.69, 9.17) is 0 Å². The second-order valence-electron chi connectivity index (χ2n) is 5.83. The van der Waals surface area contributed by atoms with Crippen molar-refractivity contribution in [2.24, 2.45) is 13.0 Å². The zero-order chi connectivity index (χ0) is 12.6. The van der Waals surface area contributed by atoms with Crippen LogP contribution in [0.2, 0.25) is 0 Å². The van der Waals surface area contributed by atoms with E-state index < -0.39 is 0 Å². The van der Waals surface area contributed by atoms with Crippen molar-refractivity contribution in [2.45, 2.75) is 44.2 Å². The zero-order valence-electron chi connectivity index (χ0n) is 11.0. The van der Waals surface area contributed by atoms with E-state index in [1.54, 1.807) is 6.33 Å². The summed E-state index contributed by atoms with van der Waals surface area (Å²) in [4.78, 5) is 6.69. The summed E-state index contributed by atoms with van der Waals surface area (Å²) in [6.07, 6.45) is 7.15. The van der Waals surface area contributed by atoms with Crippen molar-refractivity contribution in [3.05, 3.63) is 12.2 Å². The molecule has 0 aromatic carbocycles. The molecule has 1 aromatic rings. The first kappa shape index (κ1) is 12.1. The average Bonchev–Trinajstić information content (AvgIpc) is 2.75. The Bertz CT molecular complexity index is 419. The van der Waals surface area contributed by atoms with Gasteiger partial charge in [-0.2, -0.15) is 5.10 Å². The smallest absolute Gasteiger partial charge is 0.140 e. The minimum absolute atomic E-state index is 0.380. The molecule has 1 saturated carbocycles. The van der Waals surface area contributed by atoms with Crippen LogP contribution in [0.1, 0.15) is 37.9 Å². The minimum Gasteiger partial charge on any atom is -0.390 e. The summed E-state index contributed by atoms with van der Waals surface area (Å²) in [7, 11) is 1.93. The Labute approximate surface area is 108 Å². The van der Waals surface area contributed by atoms with Gasteiger partial charge in [-0.3, -0.25) is 9.58 Å². The molecule has 1 aromatic heterocycles. The molecule has 2 atom stereocenters. The van der Waals surface area contributed by atoms with Gasteiger partial charge < -0.3 is 5.11 Å². The number of likely N-dealkylation sites (tertiary alicyclic amines) is 1. The van der Waals surface area contributed by atoms with Gasteiger partial charge in [-0.15, -0.1) is 0 Å². The molecule has 2 unspecified atom stereocenters. The van der Waals surface area contributed by atoms with Crippen molar-refractivity contribution < 1.29 is 5.11 Å². The molecular formula is C13H22N4O. The van der Waals surface area contributed by atoms with E-state index in [2.05, 4.69) is 15.0 Å². The maximum absolute atomic E-state index is 10.6. The van der Waals surface area contributed by atoms with Crippen molar-refractivity contribution in [3.8, 4) is 0 Å². The summed E-state index contributed by atoms with van der Waals surface area (Å²) < 4.78 is 1.83. The Morgan fingerprint density at radius 1 is 1.44 bits per heavy atom. The summed E-state index contributed by atoms with van der Waals surface area (Å²) >= 11 is 0. The van der Waals surface area contributed by atoms with E-state index in [-0.39, 0.29) is 5.60 Å².